The number of hydrogen-bond donors (Lipinski definition) is 0. The number of carbonyl (C=O) groups excluding carboxylic acids is 2. The third-order valence-electron chi connectivity index (χ3n) is 2.93. The Hall–Kier alpha value is -2.04. The molecule has 0 radical (unpaired) electrons. The van der Waals surface area contributed by atoms with Gasteiger partial charge in [-0.25, -0.2) is 4.79 Å². The van der Waals surface area contributed by atoms with E-state index < -0.39 is 17.7 Å². The van der Waals surface area contributed by atoms with Gasteiger partial charge in [0.2, 0.25) is 0 Å². The van der Waals surface area contributed by atoms with Crippen LogP contribution in [0.15, 0.2) is 18.2 Å². The van der Waals surface area contributed by atoms with Crippen molar-refractivity contribution < 1.29 is 19.1 Å². The Morgan fingerprint density at radius 2 is 1.95 bits per heavy atom. The van der Waals surface area contributed by atoms with E-state index in [2.05, 4.69) is 0 Å². The zero-order chi connectivity index (χ0) is 16.2. The lowest BCUT2D eigenvalue weighted by atomic mass is 10.0. The minimum Gasteiger partial charge on any atom is -0.496 e. The van der Waals surface area contributed by atoms with Crippen molar-refractivity contribution in [3.05, 3.63) is 29.3 Å². The minimum absolute atomic E-state index is 0.553. The average Bonchev–Trinajstić information content (AvgIpc) is 2.37. The van der Waals surface area contributed by atoms with Crippen LogP contribution in [-0.2, 0) is 9.53 Å². The highest BCUT2D eigenvalue weighted by molar-refractivity contribution is 5.75. The SMILES string of the molecule is COc1ccc(C)cc1C(C=O)N(C)C(=O)OC(C)(C)C. The Morgan fingerprint density at radius 3 is 2.43 bits per heavy atom. The molecule has 0 bridgehead atoms. The third kappa shape index (κ3) is 4.48. The molecule has 1 aromatic carbocycles. The molecule has 0 N–H and O–H groups in total. The Kier molecular flexibility index (Phi) is 5.35. The first kappa shape index (κ1) is 17.0. The summed E-state index contributed by atoms with van der Waals surface area (Å²) in [5, 5.41) is 0. The average molecular weight is 293 g/mol. The van der Waals surface area contributed by atoms with Crippen LogP contribution in [0, 0.1) is 6.92 Å². The fraction of sp³-hybridized carbons (Fsp3) is 0.500. The normalized spacial score (nSPS) is 12.5. The number of rotatable bonds is 4. The summed E-state index contributed by atoms with van der Waals surface area (Å²) in [7, 11) is 3.07. The lowest BCUT2D eigenvalue weighted by Crippen LogP contribution is -2.37. The van der Waals surface area contributed by atoms with Crippen molar-refractivity contribution in [3.8, 4) is 5.75 Å². The second-order valence-electron chi connectivity index (χ2n) is 5.92. The van der Waals surface area contributed by atoms with Gasteiger partial charge < -0.3 is 14.3 Å². The van der Waals surface area contributed by atoms with E-state index in [1.54, 1.807) is 26.8 Å². The number of likely N-dealkylation sites (N-methyl/N-ethyl adjacent to an activating group) is 1. The molecule has 0 aromatic heterocycles. The van der Waals surface area contributed by atoms with Crippen molar-refractivity contribution in [2.24, 2.45) is 0 Å². The number of nitrogens with zero attached hydrogens (tertiary/aromatic N) is 1. The predicted molar refractivity (Wildman–Crippen MR) is 80.5 cm³/mol. The molecular weight excluding hydrogens is 270 g/mol. The highest BCUT2D eigenvalue weighted by atomic mass is 16.6. The largest absolute Gasteiger partial charge is 0.496 e. The van der Waals surface area contributed by atoms with Crippen molar-refractivity contribution in [2.45, 2.75) is 39.3 Å². The van der Waals surface area contributed by atoms with Crippen molar-refractivity contribution >= 4 is 12.4 Å². The van der Waals surface area contributed by atoms with Gasteiger partial charge in [-0.05, 0) is 39.8 Å². The second-order valence-corrected chi connectivity index (χ2v) is 5.92. The lowest BCUT2D eigenvalue weighted by Gasteiger charge is -2.29. The van der Waals surface area contributed by atoms with Crippen molar-refractivity contribution in [3.63, 3.8) is 0 Å². The van der Waals surface area contributed by atoms with Gasteiger partial charge in [0.25, 0.3) is 0 Å². The number of methoxy groups -OCH3 is 1. The maximum Gasteiger partial charge on any atom is 0.410 e. The van der Waals surface area contributed by atoms with Crippen LogP contribution < -0.4 is 4.74 Å². The van der Waals surface area contributed by atoms with Gasteiger partial charge >= 0.3 is 6.09 Å². The summed E-state index contributed by atoms with van der Waals surface area (Å²) in [4.78, 5) is 24.9. The zero-order valence-electron chi connectivity index (χ0n) is 13.5. The van der Waals surface area contributed by atoms with Crippen LogP contribution in [0.4, 0.5) is 4.79 Å². The standard InChI is InChI=1S/C16H23NO4/c1-11-7-8-14(20-6)12(9-11)13(10-18)17(5)15(19)21-16(2,3)4/h7-10,13H,1-6H3. The van der Waals surface area contributed by atoms with E-state index in [-0.39, 0.29) is 0 Å². The summed E-state index contributed by atoms with van der Waals surface area (Å²) >= 11 is 0. The van der Waals surface area contributed by atoms with Crippen LogP contribution in [0.25, 0.3) is 0 Å². The van der Waals surface area contributed by atoms with E-state index in [9.17, 15) is 9.59 Å². The van der Waals surface area contributed by atoms with Gasteiger partial charge in [-0.2, -0.15) is 0 Å². The molecule has 21 heavy (non-hydrogen) atoms. The van der Waals surface area contributed by atoms with Crippen molar-refractivity contribution in [2.75, 3.05) is 14.2 Å². The predicted octanol–water partition coefficient (Wildman–Crippen LogP) is 3.11. The molecule has 5 heteroatoms. The fourth-order valence-corrected chi connectivity index (χ4v) is 1.91. The smallest absolute Gasteiger partial charge is 0.410 e. The summed E-state index contributed by atoms with van der Waals surface area (Å²) in [6.07, 6.45) is 0.157. The van der Waals surface area contributed by atoms with E-state index in [0.29, 0.717) is 17.6 Å². The summed E-state index contributed by atoms with van der Waals surface area (Å²) < 4.78 is 10.6. The van der Waals surface area contributed by atoms with E-state index in [1.807, 2.05) is 19.1 Å². The molecule has 1 unspecified atom stereocenters. The maximum atomic E-state index is 12.1. The minimum atomic E-state index is -0.755. The molecule has 5 nitrogen and oxygen atoms in total. The van der Waals surface area contributed by atoms with Crippen LogP contribution in [0.2, 0.25) is 0 Å². The highest BCUT2D eigenvalue weighted by Gasteiger charge is 2.28. The van der Waals surface area contributed by atoms with Crippen molar-refractivity contribution in [1.82, 2.24) is 4.90 Å². The molecule has 1 rings (SSSR count). The third-order valence-corrected chi connectivity index (χ3v) is 2.93. The molecule has 0 aliphatic rings. The van der Waals surface area contributed by atoms with Crippen LogP contribution >= 0.6 is 0 Å². The second kappa shape index (κ2) is 6.61. The highest BCUT2D eigenvalue weighted by Crippen LogP contribution is 2.29. The first-order chi connectivity index (χ1) is 9.69. The van der Waals surface area contributed by atoms with Gasteiger partial charge in [-0.15, -0.1) is 0 Å². The Bertz CT molecular complexity index is 519. The zero-order valence-corrected chi connectivity index (χ0v) is 13.5. The molecule has 0 aliphatic heterocycles. The van der Waals surface area contributed by atoms with Gasteiger partial charge in [-0.3, -0.25) is 4.90 Å². The summed E-state index contributed by atoms with van der Waals surface area (Å²) in [5.41, 5.74) is 1.01. The summed E-state index contributed by atoms with van der Waals surface area (Å²) in [6, 6.07) is 4.75. The van der Waals surface area contributed by atoms with E-state index in [4.69, 9.17) is 9.47 Å². The summed E-state index contributed by atoms with van der Waals surface area (Å²) in [5.74, 6) is 0.563. The number of amides is 1. The van der Waals surface area contributed by atoms with Gasteiger partial charge in [0, 0.05) is 12.6 Å². The topological polar surface area (TPSA) is 55.8 Å². The first-order valence-corrected chi connectivity index (χ1v) is 6.75. The van der Waals surface area contributed by atoms with Gasteiger partial charge in [0.05, 0.1) is 7.11 Å². The quantitative estimate of drug-likeness (QED) is 0.800. The number of ether oxygens (including phenoxy) is 2. The number of hydrogen-bond acceptors (Lipinski definition) is 4. The van der Waals surface area contributed by atoms with Crippen LogP contribution in [-0.4, -0.2) is 37.0 Å². The molecule has 0 spiro atoms. The Balaban J connectivity index is 3.10. The molecule has 116 valence electrons. The Morgan fingerprint density at radius 1 is 1.33 bits per heavy atom. The lowest BCUT2D eigenvalue weighted by molar-refractivity contribution is -0.112. The van der Waals surface area contributed by atoms with Gasteiger partial charge in [-0.1, -0.05) is 11.6 Å². The molecule has 0 saturated heterocycles. The van der Waals surface area contributed by atoms with E-state index in [1.165, 1.54) is 19.1 Å². The number of benzene rings is 1. The molecule has 1 atom stereocenters. The molecule has 0 aliphatic carbocycles. The van der Waals surface area contributed by atoms with E-state index in [0.717, 1.165) is 5.56 Å². The molecular formula is C16H23NO4. The number of aldehydes is 1. The van der Waals surface area contributed by atoms with Gasteiger partial charge in [0.1, 0.15) is 23.7 Å². The number of carbonyl (C=O) groups is 2. The van der Waals surface area contributed by atoms with Crippen LogP contribution in [0.1, 0.15) is 37.9 Å². The van der Waals surface area contributed by atoms with Gasteiger partial charge in [0.15, 0.2) is 0 Å². The molecule has 1 amide bonds. The molecule has 0 heterocycles. The number of aryl methyl sites for hydroxylation is 1. The molecule has 0 fully saturated rings. The molecule has 0 saturated carbocycles. The van der Waals surface area contributed by atoms with Crippen molar-refractivity contribution in [1.29, 1.82) is 0 Å². The fourth-order valence-electron chi connectivity index (χ4n) is 1.91. The Labute approximate surface area is 125 Å². The monoisotopic (exact) mass is 293 g/mol. The first-order valence-electron chi connectivity index (χ1n) is 6.75. The molecule has 1 aromatic rings. The maximum absolute atomic E-state index is 12.1. The van der Waals surface area contributed by atoms with E-state index >= 15 is 0 Å². The van der Waals surface area contributed by atoms with Crippen LogP contribution in [0.5, 0.6) is 5.75 Å². The summed E-state index contributed by atoms with van der Waals surface area (Å²) in [6.45, 7) is 7.25. The van der Waals surface area contributed by atoms with Crippen LogP contribution in [0.3, 0.4) is 0 Å².